The van der Waals surface area contributed by atoms with Gasteiger partial charge in [-0.1, -0.05) is 11.3 Å². The molecule has 1 aliphatic rings. The molecule has 2 aromatic carbocycles. The first-order valence-electron chi connectivity index (χ1n) is 8.52. The number of urea groups is 1. The highest BCUT2D eigenvalue weighted by molar-refractivity contribution is 7.22. The summed E-state index contributed by atoms with van der Waals surface area (Å²) in [4.78, 5) is 41.5. The first kappa shape index (κ1) is 17.9. The van der Waals surface area contributed by atoms with Crippen LogP contribution in [0.15, 0.2) is 42.5 Å². The Hall–Kier alpha value is -3.46. The Kier molecular flexibility index (Phi) is 4.66. The van der Waals surface area contributed by atoms with Gasteiger partial charge >= 0.3 is 6.03 Å². The fourth-order valence-corrected chi connectivity index (χ4v) is 3.88. The molecule has 1 aliphatic heterocycles. The van der Waals surface area contributed by atoms with E-state index in [1.54, 1.807) is 49.6 Å². The van der Waals surface area contributed by atoms with Gasteiger partial charge < -0.3 is 15.4 Å². The minimum Gasteiger partial charge on any atom is -0.497 e. The number of rotatable bonds is 4. The Morgan fingerprint density at radius 3 is 2.36 bits per heavy atom. The Morgan fingerprint density at radius 2 is 1.68 bits per heavy atom. The number of aromatic nitrogens is 1. The molecule has 4 rings (SSSR count). The van der Waals surface area contributed by atoms with Crippen molar-refractivity contribution in [3.63, 3.8) is 0 Å². The topological polar surface area (TPSA) is 101 Å². The SMILES string of the molecule is COc1ccc(NC(=O)Nc2ccc3nc(N4C(=O)CCC4=O)sc3c2)cc1. The second-order valence-electron chi connectivity index (χ2n) is 6.11. The van der Waals surface area contributed by atoms with E-state index in [-0.39, 0.29) is 30.7 Å². The fraction of sp³-hybridized carbons (Fsp3) is 0.158. The number of amides is 4. The Balaban J connectivity index is 1.48. The molecule has 0 radical (unpaired) electrons. The maximum Gasteiger partial charge on any atom is 0.323 e. The summed E-state index contributed by atoms with van der Waals surface area (Å²) < 4.78 is 5.85. The maximum atomic E-state index is 12.2. The van der Waals surface area contributed by atoms with Crippen molar-refractivity contribution in [2.45, 2.75) is 12.8 Å². The molecule has 1 fully saturated rings. The lowest BCUT2D eigenvalue weighted by molar-refractivity contribution is -0.121. The summed E-state index contributed by atoms with van der Waals surface area (Å²) in [5.74, 6) is 0.231. The van der Waals surface area contributed by atoms with E-state index in [9.17, 15) is 14.4 Å². The number of thiazole rings is 1. The Labute approximate surface area is 164 Å². The quantitative estimate of drug-likeness (QED) is 0.656. The van der Waals surface area contributed by atoms with Gasteiger partial charge in [-0.2, -0.15) is 0 Å². The number of anilines is 3. The molecule has 4 amide bonds. The van der Waals surface area contributed by atoms with Gasteiger partial charge in [-0.25, -0.2) is 14.7 Å². The molecule has 3 aromatic rings. The van der Waals surface area contributed by atoms with Gasteiger partial charge in [-0.15, -0.1) is 0 Å². The standard InChI is InChI=1S/C19H16N4O4S/c1-27-13-5-2-11(3-6-13)20-18(26)21-12-4-7-14-15(10-12)28-19(22-14)23-16(24)8-9-17(23)25/h2-7,10H,8-9H2,1H3,(H2,20,21,26). The van der Waals surface area contributed by atoms with Crippen LogP contribution >= 0.6 is 11.3 Å². The molecule has 0 atom stereocenters. The van der Waals surface area contributed by atoms with E-state index < -0.39 is 0 Å². The highest BCUT2D eigenvalue weighted by Crippen LogP contribution is 2.33. The second kappa shape index (κ2) is 7.28. The predicted molar refractivity (Wildman–Crippen MR) is 107 cm³/mol. The van der Waals surface area contributed by atoms with Crippen molar-refractivity contribution in [1.82, 2.24) is 4.98 Å². The summed E-state index contributed by atoms with van der Waals surface area (Å²) in [6.45, 7) is 0. The zero-order valence-corrected chi connectivity index (χ0v) is 15.7. The van der Waals surface area contributed by atoms with Gasteiger partial charge in [-0.3, -0.25) is 9.59 Å². The van der Waals surface area contributed by atoms with E-state index in [4.69, 9.17) is 4.74 Å². The normalized spacial score (nSPS) is 13.8. The number of imide groups is 1. The van der Waals surface area contributed by atoms with Crippen LogP contribution in [0.4, 0.5) is 21.3 Å². The minimum absolute atomic E-state index is 0.215. The van der Waals surface area contributed by atoms with E-state index in [2.05, 4.69) is 15.6 Å². The van der Waals surface area contributed by atoms with Crippen molar-refractivity contribution in [1.29, 1.82) is 0 Å². The molecule has 0 spiro atoms. The number of benzene rings is 2. The highest BCUT2D eigenvalue weighted by atomic mass is 32.1. The number of nitrogens with zero attached hydrogens (tertiary/aromatic N) is 2. The number of methoxy groups -OCH3 is 1. The molecule has 1 aromatic heterocycles. The lowest BCUT2D eigenvalue weighted by atomic mass is 10.3. The van der Waals surface area contributed by atoms with Crippen molar-refractivity contribution in [3.05, 3.63) is 42.5 Å². The molecule has 0 aliphatic carbocycles. The maximum absolute atomic E-state index is 12.2. The summed E-state index contributed by atoms with van der Waals surface area (Å²) >= 11 is 1.24. The van der Waals surface area contributed by atoms with Gasteiger partial charge in [0.1, 0.15) is 5.75 Å². The first-order chi connectivity index (χ1) is 13.5. The van der Waals surface area contributed by atoms with Crippen LogP contribution in [0.1, 0.15) is 12.8 Å². The lowest BCUT2D eigenvalue weighted by Crippen LogP contribution is -2.28. The summed E-state index contributed by atoms with van der Waals surface area (Å²) in [5, 5.41) is 5.86. The molecule has 2 heterocycles. The molecule has 0 unspecified atom stereocenters. The van der Waals surface area contributed by atoms with Crippen molar-refractivity contribution < 1.29 is 19.1 Å². The van der Waals surface area contributed by atoms with Gasteiger partial charge in [0.15, 0.2) is 5.13 Å². The van der Waals surface area contributed by atoms with Crippen molar-refractivity contribution in [2.24, 2.45) is 0 Å². The molecular weight excluding hydrogens is 380 g/mol. The fourth-order valence-electron chi connectivity index (χ4n) is 2.84. The summed E-state index contributed by atoms with van der Waals surface area (Å²) in [5.41, 5.74) is 1.87. The van der Waals surface area contributed by atoms with Crippen LogP contribution in [0.5, 0.6) is 5.75 Å². The summed E-state index contributed by atoms with van der Waals surface area (Å²) in [7, 11) is 1.58. The van der Waals surface area contributed by atoms with E-state index in [0.29, 0.717) is 27.8 Å². The van der Waals surface area contributed by atoms with Crippen LogP contribution in [0.2, 0.25) is 0 Å². The molecule has 142 valence electrons. The van der Waals surface area contributed by atoms with Crippen LogP contribution in [-0.2, 0) is 9.59 Å². The zero-order valence-electron chi connectivity index (χ0n) is 14.9. The van der Waals surface area contributed by atoms with Crippen LogP contribution in [0.3, 0.4) is 0 Å². The largest absolute Gasteiger partial charge is 0.497 e. The average Bonchev–Trinajstić information content (AvgIpc) is 3.24. The number of carbonyl (C=O) groups excluding carboxylic acids is 3. The van der Waals surface area contributed by atoms with Gasteiger partial charge in [0, 0.05) is 24.2 Å². The number of nitrogens with one attached hydrogen (secondary N) is 2. The number of hydrogen-bond acceptors (Lipinski definition) is 6. The Morgan fingerprint density at radius 1 is 1.04 bits per heavy atom. The first-order valence-corrected chi connectivity index (χ1v) is 9.33. The van der Waals surface area contributed by atoms with E-state index in [0.717, 1.165) is 9.60 Å². The number of hydrogen-bond donors (Lipinski definition) is 2. The van der Waals surface area contributed by atoms with E-state index in [1.807, 2.05) is 0 Å². The predicted octanol–water partition coefficient (Wildman–Crippen LogP) is 3.60. The third-order valence-electron chi connectivity index (χ3n) is 4.23. The zero-order chi connectivity index (χ0) is 19.7. The molecule has 8 nitrogen and oxygen atoms in total. The van der Waals surface area contributed by atoms with Gasteiger partial charge in [0.2, 0.25) is 11.8 Å². The summed E-state index contributed by atoms with van der Waals surface area (Å²) in [6.07, 6.45) is 0.431. The van der Waals surface area contributed by atoms with Crippen LogP contribution in [0, 0.1) is 0 Å². The third-order valence-corrected chi connectivity index (χ3v) is 5.23. The summed E-state index contributed by atoms with van der Waals surface area (Å²) in [6, 6.07) is 11.8. The van der Waals surface area contributed by atoms with Crippen LogP contribution < -0.4 is 20.3 Å². The number of ether oxygens (including phenoxy) is 1. The van der Waals surface area contributed by atoms with Gasteiger partial charge in [-0.05, 0) is 42.5 Å². The monoisotopic (exact) mass is 396 g/mol. The smallest absolute Gasteiger partial charge is 0.323 e. The molecule has 28 heavy (non-hydrogen) atoms. The Bertz CT molecular complexity index is 1060. The third kappa shape index (κ3) is 3.52. The van der Waals surface area contributed by atoms with Gasteiger partial charge in [0.05, 0.1) is 17.3 Å². The number of carbonyl (C=O) groups is 3. The van der Waals surface area contributed by atoms with E-state index >= 15 is 0 Å². The average molecular weight is 396 g/mol. The highest BCUT2D eigenvalue weighted by Gasteiger charge is 2.32. The second-order valence-corrected chi connectivity index (χ2v) is 7.12. The molecule has 2 N–H and O–H groups in total. The van der Waals surface area contributed by atoms with Crippen LogP contribution in [-0.4, -0.2) is 29.9 Å². The molecular formula is C19H16N4O4S. The molecule has 0 saturated carbocycles. The van der Waals surface area contributed by atoms with Crippen molar-refractivity contribution in [2.75, 3.05) is 22.6 Å². The van der Waals surface area contributed by atoms with Crippen LogP contribution in [0.25, 0.3) is 10.2 Å². The molecule has 0 bridgehead atoms. The van der Waals surface area contributed by atoms with Gasteiger partial charge in [0.25, 0.3) is 0 Å². The van der Waals surface area contributed by atoms with E-state index in [1.165, 1.54) is 11.3 Å². The lowest BCUT2D eigenvalue weighted by Gasteiger charge is -2.08. The van der Waals surface area contributed by atoms with Crippen molar-refractivity contribution >= 4 is 55.9 Å². The minimum atomic E-state index is -0.390. The number of fused-ring (bicyclic) bond motifs is 1. The molecule has 1 saturated heterocycles. The molecule has 9 heteroatoms. The van der Waals surface area contributed by atoms with Crippen molar-refractivity contribution in [3.8, 4) is 5.75 Å².